The molecule has 7 rings (SSSR count). The molecule has 0 aromatic carbocycles. The zero-order valence-corrected chi connectivity index (χ0v) is 14.5. The average Bonchev–Trinajstić information content (AvgIpc) is 3.10. The van der Waals surface area contributed by atoms with E-state index in [1.165, 1.54) is 30.7 Å². The summed E-state index contributed by atoms with van der Waals surface area (Å²) in [7, 11) is 0. The Balaban J connectivity index is 1.52. The molecule has 1 amide bonds. The largest absolute Gasteiger partial charge is 0.373 e. The quantitative estimate of drug-likeness (QED) is 0.636. The van der Waals surface area contributed by atoms with Crippen molar-refractivity contribution in [2.24, 2.45) is 17.3 Å². The first-order valence-corrected chi connectivity index (χ1v) is 10.1. The first-order valence-electron chi connectivity index (χ1n) is 10.1. The maximum absolute atomic E-state index is 13.2. The first kappa shape index (κ1) is 13.8. The highest BCUT2D eigenvalue weighted by Crippen LogP contribution is 2.67. The van der Waals surface area contributed by atoms with Crippen molar-refractivity contribution < 1.29 is 9.53 Å². The highest BCUT2D eigenvalue weighted by molar-refractivity contribution is 5.82. The molecule has 4 nitrogen and oxygen atoms in total. The lowest BCUT2D eigenvalue weighted by molar-refractivity contribution is -0.158. The maximum atomic E-state index is 13.2. The summed E-state index contributed by atoms with van der Waals surface area (Å²) in [5, 5.41) is 0. The van der Waals surface area contributed by atoms with Gasteiger partial charge in [0, 0.05) is 29.6 Å². The molecule has 5 heterocycles. The van der Waals surface area contributed by atoms with Crippen molar-refractivity contribution in [3.05, 3.63) is 35.1 Å². The van der Waals surface area contributed by atoms with Crippen molar-refractivity contribution in [1.29, 1.82) is 0 Å². The molecule has 0 aromatic rings. The van der Waals surface area contributed by atoms with Crippen molar-refractivity contribution in [2.45, 2.75) is 50.3 Å². The van der Waals surface area contributed by atoms with E-state index in [9.17, 15) is 4.79 Å². The fourth-order valence-electron chi connectivity index (χ4n) is 7.79. The van der Waals surface area contributed by atoms with E-state index in [1.807, 2.05) is 0 Å². The lowest BCUT2D eigenvalue weighted by atomic mass is 9.53. The molecule has 4 heteroatoms. The number of ether oxygens (including phenoxy) is 1. The van der Waals surface area contributed by atoms with E-state index in [0.29, 0.717) is 42.9 Å². The Morgan fingerprint density at radius 2 is 2.28 bits per heavy atom. The predicted octanol–water partition coefficient (Wildman–Crippen LogP) is 2.24. The van der Waals surface area contributed by atoms with Crippen LogP contribution in [0, 0.1) is 17.3 Å². The van der Waals surface area contributed by atoms with Gasteiger partial charge in [-0.3, -0.25) is 9.69 Å². The third-order valence-electron chi connectivity index (χ3n) is 8.49. The number of allylic oxidation sites excluding steroid dienone is 3. The molecule has 130 valence electrons. The molecule has 0 aromatic heterocycles. The molecule has 0 unspecified atom stereocenters. The molecule has 5 aliphatic heterocycles. The Morgan fingerprint density at radius 1 is 1.32 bits per heavy atom. The van der Waals surface area contributed by atoms with Crippen LogP contribution >= 0.6 is 0 Å². The monoisotopic (exact) mass is 336 g/mol. The summed E-state index contributed by atoms with van der Waals surface area (Å²) < 4.78 is 6.27. The van der Waals surface area contributed by atoms with Gasteiger partial charge in [0.15, 0.2) is 0 Å². The lowest BCUT2D eigenvalue weighted by Crippen LogP contribution is -2.67. The minimum absolute atomic E-state index is 0.128. The number of amides is 1. The second kappa shape index (κ2) is 4.29. The molecule has 0 N–H and O–H groups in total. The van der Waals surface area contributed by atoms with Gasteiger partial charge in [0.25, 0.3) is 0 Å². The van der Waals surface area contributed by atoms with Gasteiger partial charge in [-0.25, -0.2) is 0 Å². The van der Waals surface area contributed by atoms with Crippen LogP contribution in [0.1, 0.15) is 32.1 Å². The molecule has 1 saturated carbocycles. The van der Waals surface area contributed by atoms with Crippen molar-refractivity contribution in [3.63, 3.8) is 0 Å². The van der Waals surface area contributed by atoms with E-state index in [2.05, 4.69) is 28.0 Å². The molecule has 2 bridgehead atoms. The minimum atomic E-state index is 0.128. The molecule has 3 saturated heterocycles. The summed E-state index contributed by atoms with van der Waals surface area (Å²) in [5.74, 6) is 1.46. The van der Waals surface area contributed by atoms with Crippen molar-refractivity contribution in [2.75, 3.05) is 19.7 Å². The van der Waals surface area contributed by atoms with Gasteiger partial charge in [0.1, 0.15) is 0 Å². The fraction of sp³-hybridized carbons (Fsp3) is 0.667. The van der Waals surface area contributed by atoms with E-state index < -0.39 is 0 Å². The summed E-state index contributed by atoms with van der Waals surface area (Å²) in [5.41, 5.74) is 4.69. The van der Waals surface area contributed by atoms with Crippen LogP contribution in [0.25, 0.3) is 0 Å². The average molecular weight is 336 g/mol. The van der Waals surface area contributed by atoms with Crippen LogP contribution < -0.4 is 0 Å². The van der Waals surface area contributed by atoms with Crippen LogP contribution in [0.5, 0.6) is 0 Å². The summed E-state index contributed by atoms with van der Waals surface area (Å²) in [6.07, 6.45) is 12.4. The summed E-state index contributed by atoms with van der Waals surface area (Å²) in [4.78, 5) is 18.2. The minimum Gasteiger partial charge on any atom is -0.373 e. The van der Waals surface area contributed by atoms with E-state index >= 15 is 0 Å². The summed E-state index contributed by atoms with van der Waals surface area (Å²) in [6.45, 7) is 3.03. The third kappa shape index (κ3) is 1.37. The Labute approximate surface area is 148 Å². The predicted molar refractivity (Wildman–Crippen MR) is 92.5 cm³/mol. The van der Waals surface area contributed by atoms with Gasteiger partial charge in [-0.15, -0.1) is 0 Å². The Hall–Kier alpha value is -1.39. The van der Waals surface area contributed by atoms with Gasteiger partial charge < -0.3 is 9.64 Å². The second-order valence-corrected chi connectivity index (χ2v) is 9.06. The van der Waals surface area contributed by atoms with Gasteiger partial charge in [0.05, 0.1) is 25.2 Å². The van der Waals surface area contributed by atoms with Gasteiger partial charge in [-0.1, -0.05) is 23.8 Å². The Morgan fingerprint density at radius 3 is 3.24 bits per heavy atom. The van der Waals surface area contributed by atoms with Gasteiger partial charge in [-0.05, 0) is 43.7 Å². The summed E-state index contributed by atoms with van der Waals surface area (Å²) >= 11 is 0. The highest BCUT2D eigenvalue weighted by Gasteiger charge is 2.71. The Kier molecular flexibility index (Phi) is 2.36. The molecular formula is C21H24N2O2. The first-order chi connectivity index (χ1) is 12.3. The molecule has 25 heavy (non-hydrogen) atoms. The van der Waals surface area contributed by atoms with Crippen LogP contribution in [-0.2, 0) is 9.53 Å². The van der Waals surface area contributed by atoms with Crippen LogP contribution in [0.4, 0.5) is 0 Å². The van der Waals surface area contributed by atoms with Gasteiger partial charge >= 0.3 is 0 Å². The molecule has 1 spiro atoms. The second-order valence-electron chi connectivity index (χ2n) is 9.06. The number of carbonyl (C=O) groups excluding carboxylic acids is 1. The van der Waals surface area contributed by atoms with Crippen LogP contribution in [0.2, 0.25) is 0 Å². The normalized spacial score (nSPS) is 49.3. The highest BCUT2D eigenvalue weighted by atomic mass is 16.5. The zero-order valence-electron chi connectivity index (χ0n) is 14.5. The van der Waals surface area contributed by atoms with E-state index in [-0.39, 0.29) is 11.5 Å². The van der Waals surface area contributed by atoms with Crippen molar-refractivity contribution in [1.82, 2.24) is 9.80 Å². The third-order valence-corrected chi connectivity index (χ3v) is 8.49. The number of carbonyl (C=O) groups is 1. The molecule has 4 fully saturated rings. The van der Waals surface area contributed by atoms with E-state index in [0.717, 1.165) is 19.4 Å². The van der Waals surface area contributed by atoms with Crippen LogP contribution in [0.15, 0.2) is 35.1 Å². The molecular weight excluding hydrogens is 312 g/mol. The molecule has 7 aliphatic rings. The Bertz CT molecular complexity index is 796. The standard InChI is InChI=1S/C21H24N2O2/c24-18-10-16-19-13-9-17-21(6-7-22(17)11-12(13)5-8-25-16)14-3-1-2-4-15(14)23(18)20(19)21/h1,3,5,13,16-17,19-20H,2,4,6-11H2/t13-,16-,17-,19-,20-,21+/m0/s1. The fourth-order valence-corrected chi connectivity index (χ4v) is 7.79. The van der Waals surface area contributed by atoms with E-state index in [4.69, 9.17) is 4.74 Å². The van der Waals surface area contributed by atoms with Crippen molar-refractivity contribution >= 4 is 5.91 Å². The topological polar surface area (TPSA) is 32.8 Å². The lowest BCUT2D eigenvalue weighted by Gasteiger charge is -2.59. The number of hydrogen-bond acceptors (Lipinski definition) is 3. The molecule has 6 atom stereocenters. The summed E-state index contributed by atoms with van der Waals surface area (Å²) in [6, 6.07) is 0.973. The number of piperidine rings is 2. The van der Waals surface area contributed by atoms with E-state index in [1.54, 1.807) is 5.57 Å². The SMILES string of the molecule is O=C1C[C@@H]2OCC=C3CN4CC[C@]56C7=C(CCC=C7)N1[C@H]5[C@H]2[C@H]3C[C@H]46. The number of nitrogens with zero attached hydrogens (tertiary/aromatic N) is 2. The van der Waals surface area contributed by atoms with Gasteiger partial charge in [-0.2, -0.15) is 0 Å². The van der Waals surface area contributed by atoms with Crippen LogP contribution in [0.3, 0.4) is 0 Å². The number of fused-ring (bicyclic) bond motifs is 1. The number of rotatable bonds is 0. The van der Waals surface area contributed by atoms with Crippen LogP contribution in [-0.4, -0.2) is 53.6 Å². The number of hydrogen-bond donors (Lipinski definition) is 0. The maximum Gasteiger partial charge on any atom is 0.229 e. The van der Waals surface area contributed by atoms with Crippen molar-refractivity contribution in [3.8, 4) is 0 Å². The molecule has 0 radical (unpaired) electrons. The van der Waals surface area contributed by atoms with Gasteiger partial charge in [0.2, 0.25) is 5.91 Å². The smallest absolute Gasteiger partial charge is 0.229 e. The molecule has 2 aliphatic carbocycles. The zero-order chi connectivity index (χ0) is 16.3.